The Kier molecular flexibility index (Phi) is 6.41. The van der Waals surface area contributed by atoms with Crippen LogP contribution in [0.5, 0.6) is 0 Å². The lowest BCUT2D eigenvalue weighted by Gasteiger charge is -2.13. The van der Waals surface area contributed by atoms with Crippen molar-refractivity contribution in [1.82, 2.24) is 10.4 Å². The number of benzene rings is 2. The van der Waals surface area contributed by atoms with E-state index in [9.17, 15) is 19.7 Å². The van der Waals surface area contributed by atoms with Crippen LogP contribution in [0.15, 0.2) is 64.2 Å². The van der Waals surface area contributed by atoms with Crippen LogP contribution < -0.4 is 10.7 Å². The number of hydrazone groups is 1. The summed E-state index contributed by atoms with van der Waals surface area (Å²) < 4.78 is 5.94. The van der Waals surface area contributed by atoms with Crippen LogP contribution in [0.1, 0.15) is 50.6 Å². The summed E-state index contributed by atoms with van der Waals surface area (Å²) in [6.07, 6.45) is 3.56. The Morgan fingerprint density at radius 2 is 1.95 bits per heavy atom. The minimum absolute atomic E-state index is 0.0455. The monoisotopic (exact) mass is 517 g/mol. The average molecular weight is 518 g/mol. The molecule has 5 rings (SSSR count). The zero-order valence-corrected chi connectivity index (χ0v) is 20.3. The summed E-state index contributed by atoms with van der Waals surface area (Å²) in [5.74, 6) is -0.267. The minimum Gasteiger partial charge on any atom is -0.455 e. The molecule has 2 heterocycles. The molecule has 2 aromatic heterocycles. The lowest BCUT2D eigenvalue weighted by atomic mass is 9.93. The van der Waals surface area contributed by atoms with E-state index < -0.39 is 16.7 Å². The summed E-state index contributed by atoms with van der Waals surface area (Å²) in [4.78, 5) is 40.6. The smallest absolute Gasteiger partial charge is 0.291 e. The first kappa shape index (κ1) is 24.1. The van der Waals surface area contributed by atoms with Gasteiger partial charge in [-0.05, 0) is 44.0 Å². The second-order valence-electron chi connectivity index (χ2n) is 8.47. The number of para-hydroxylation sites is 1. The summed E-state index contributed by atoms with van der Waals surface area (Å²) in [5.41, 5.74) is 5.20. The summed E-state index contributed by atoms with van der Waals surface area (Å²) in [5, 5.41) is 19.1. The van der Waals surface area contributed by atoms with E-state index in [1.54, 1.807) is 19.2 Å². The first-order valence-corrected chi connectivity index (χ1v) is 11.8. The molecule has 186 valence electrons. The van der Waals surface area contributed by atoms with Crippen molar-refractivity contribution in [3.8, 4) is 0 Å². The van der Waals surface area contributed by atoms with Crippen molar-refractivity contribution in [2.45, 2.75) is 26.2 Å². The van der Waals surface area contributed by atoms with Crippen LogP contribution in [0, 0.1) is 17.0 Å². The maximum Gasteiger partial charge on any atom is 0.291 e. The predicted octanol–water partition coefficient (Wildman–Crippen LogP) is 5.42. The number of amides is 2. The van der Waals surface area contributed by atoms with Gasteiger partial charge in [0.2, 0.25) is 0 Å². The molecule has 0 unspecified atom stereocenters. The highest BCUT2D eigenvalue weighted by molar-refractivity contribution is 6.32. The molecule has 0 saturated heterocycles. The summed E-state index contributed by atoms with van der Waals surface area (Å²) in [7, 11) is 0. The number of nitro groups is 1. The number of carbonyl (C=O) groups is 2. The van der Waals surface area contributed by atoms with Gasteiger partial charge in [-0.3, -0.25) is 24.7 Å². The highest BCUT2D eigenvalue weighted by Crippen LogP contribution is 2.31. The number of nitrogens with one attached hydrogen (secondary N) is 2. The van der Waals surface area contributed by atoms with Crippen molar-refractivity contribution in [2.24, 2.45) is 5.10 Å². The van der Waals surface area contributed by atoms with Gasteiger partial charge in [0.25, 0.3) is 17.5 Å². The molecule has 4 aromatic rings. The van der Waals surface area contributed by atoms with Crippen molar-refractivity contribution < 1.29 is 18.9 Å². The second-order valence-corrected chi connectivity index (χ2v) is 8.87. The van der Waals surface area contributed by atoms with Gasteiger partial charge in [0.05, 0.1) is 21.8 Å². The standard InChI is InChI=1S/C26H20ClN5O5/c1-14-22-18(30-31-25(33)16-10-11-17(27)20(13-16)32(35)36)7-3-9-21(22)37-24(14)26(34)29-19-8-2-5-15-6-4-12-28-23(15)19/h2,4-6,8,10-13H,3,7,9H2,1H3,(H,29,34)(H,31,33)/b30-18+. The normalized spacial score (nSPS) is 13.8. The molecule has 1 aliphatic carbocycles. The largest absolute Gasteiger partial charge is 0.455 e. The Morgan fingerprint density at radius 3 is 2.76 bits per heavy atom. The molecular weight excluding hydrogens is 498 g/mol. The molecule has 0 atom stereocenters. The molecule has 37 heavy (non-hydrogen) atoms. The number of fused-ring (bicyclic) bond motifs is 2. The molecular formula is C26H20ClN5O5. The van der Waals surface area contributed by atoms with Gasteiger partial charge in [0, 0.05) is 40.8 Å². The fourth-order valence-electron chi connectivity index (χ4n) is 4.36. The molecule has 10 nitrogen and oxygen atoms in total. The number of nitrogens with zero attached hydrogens (tertiary/aromatic N) is 3. The van der Waals surface area contributed by atoms with E-state index in [4.69, 9.17) is 16.0 Å². The van der Waals surface area contributed by atoms with Crippen LogP contribution in [0.2, 0.25) is 5.02 Å². The van der Waals surface area contributed by atoms with Crippen molar-refractivity contribution in [1.29, 1.82) is 0 Å². The molecule has 0 saturated carbocycles. The van der Waals surface area contributed by atoms with E-state index in [1.165, 1.54) is 12.1 Å². The van der Waals surface area contributed by atoms with Crippen LogP contribution in [-0.4, -0.2) is 27.4 Å². The Bertz CT molecular complexity index is 1610. The average Bonchev–Trinajstić information content (AvgIpc) is 3.24. The van der Waals surface area contributed by atoms with E-state index in [-0.39, 0.29) is 22.0 Å². The highest BCUT2D eigenvalue weighted by atomic mass is 35.5. The van der Waals surface area contributed by atoms with E-state index in [0.717, 1.165) is 17.9 Å². The molecule has 0 fully saturated rings. The van der Waals surface area contributed by atoms with Gasteiger partial charge in [-0.2, -0.15) is 5.10 Å². The van der Waals surface area contributed by atoms with Gasteiger partial charge in [-0.15, -0.1) is 0 Å². The van der Waals surface area contributed by atoms with Crippen LogP contribution in [-0.2, 0) is 6.42 Å². The van der Waals surface area contributed by atoms with Crippen molar-refractivity contribution in [3.63, 3.8) is 0 Å². The number of pyridine rings is 1. The topological polar surface area (TPSA) is 140 Å². The molecule has 0 radical (unpaired) electrons. The first-order valence-electron chi connectivity index (χ1n) is 11.4. The van der Waals surface area contributed by atoms with Gasteiger partial charge in [0.1, 0.15) is 10.8 Å². The Labute approximate surface area is 215 Å². The number of aromatic nitrogens is 1. The van der Waals surface area contributed by atoms with E-state index in [2.05, 4.69) is 20.8 Å². The molecule has 11 heteroatoms. The molecule has 2 aromatic carbocycles. The SMILES string of the molecule is Cc1c(C(=O)Nc2cccc3cccnc23)oc2c1/C(=N/NC(=O)c1ccc(Cl)c([N+](=O)[O-])c1)CCC2. The Hall–Kier alpha value is -4.57. The van der Waals surface area contributed by atoms with Gasteiger partial charge in [-0.1, -0.05) is 29.8 Å². The quantitative estimate of drug-likeness (QED) is 0.267. The zero-order chi connectivity index (χ0) is 26.1. The third-order valence-corrected chi connectivity index (χ3v) is 6.43. The summed E-state index contributed by atoms with van der Waals surface area (Å²) in [6.45, 7) is 1.77. The number of anilines is 1. The van der Waals surface area contributed by atoms with E-state index >= 15 is 0 Å². The predicted molar refractivity (Wildman–Crippen MR) is 138 cm³/mol. The molecule has 1 aliphatic rings. The summed E-state index contributed by atoms with van der Waals surface area (Å²) >= 11 is 5.83. The van der Waals surface area contributed by atoms with E-state index in [0.29, 0.717) is 46.6 Å². The number of nitro benzene ring substituents is 1. The number of hydrogen-bond donors (Lipinski definition) is 2. The van der Waals surface area contributed by atoms with Crippen molar-refractivity contribution in [3.05, 3.63) is 98.1 Å². The molecule has 0 spiro atoms. The van der Waals surface area contributed by atoms with Crippen LogP contribution >= 0.6 is 11.6 Å². The van der Waals surface area contributed by atoms with Gasteiger partial charge in [0.15, 0.2) is 5.76 Å². The van der Waals surface area contributed by atoms with Gasteiger partial charge < -0.3 is 9.73 Å². The maximum atomic E-state index is 13.2. The van der Waals surface area contributed by atoms with E-state index in [1.807, 2.05) is 24.3 Å². The summed E-state index contributed by atoms with van der Waals surface area (Å²) in [6, 6.07) is 13.0. The van der Waals surface area contributed by atoms with Crippen LogP contribution in [0.25, 0.3) is 10.9 Å². The third-order valence-electron chi connectivity index (χ3n) is 6.11. The molecule has 2 amide bonds. The zero-order valence-electron chi connectivity index (χ0n) is 19.6. The van der Waals surface area contributed by atoms with Crippen LogP contribution in [0.4, 0.5) is 11.4 Å². The minimum atomic E-state index is -0.659. The molecule has 0 aliphatic heterocycles. The van der Waals surface area contributed by atoms with Crippen molar-refractivity contribution in [2.75, 3.05) is 5.32 Å². The fourth-order valence-corrected chi connectivity index (χ4v) is 4.54. The number of carbonyl (C=O) groups excluding carboxylic acids is 2. The lowest BCUT2D eigenvalue weighted by Crippen LogP contribution is -2.22. The molecule has 0 bridgehead atoms. The second kappa shape index (κ2) is 9.82. The van der Waals surface area contributed by atoms with Gasteiger partial charge in [-0.25, -0.2) is 5.43 Å². The lowest BCUT2D eigenvalue weighted by molar-refractivity contribution is -0.384. The fraction of sp³-hybridized carbons (Fsp3) is 0.154. The number of hydrogen-bond acceptors (Lipinski definition) is 7. The Balaban J connectivity index is 1.40. The number of furan rings is 1. The Morgan fingerprint density at radius 1 is 1.14 bits per heavy atom. The van der Waals surface area contributed by atoms with Crippen LogP contribution in [0.3, 0.4) is 0 Å². The first-order chi connectivity index (χ1) is 17.8. The maximum absolute atomic E-state index is 13.2. The number of aryl methyl sites for hydroxylation is 1. The molecule has 2 N–H and O–H groups in total. The highest BCUT2D eigenvalue weighted by Gasteiger charge is 2.28. The van der Waals surface area contributed by atoms with Crippen molar-refractivity contribution >= 4 is 51.4 Å². The number of halogens is 1. The number of rotatable bonds is 5. The third kappa shape index (κ3) is 4.66. The van der Waals surface area contributed by atoms with Gasteiger partial charge >= 0.3 is 0 Å².